The lowest BCUT2D eigenvalue weighted by Crippen LogP contribution is -2.09. The van der Waals surface area contributed by atoms with Crippen LogP contribution >= 0.6 is 23.2 Å². The van der Waals surface area contributed by atoms with Gasteiger partial charge in [-0.05, 0) is 60.5 Å². The average Bonchev–Trinajstić information content (AvgIpc) is 3.20. The van der Waals surface area contributed by atoms with Crippen LogP contribution < -0.4 is 10.1 Å². The number of nitrogens with one attached hydrogen (secondary N) is 1. The molecule has 5 nitrogen and oxygen atoms in total. The minimum atomic E-state index is -0.555. The zero-order valence-corrected chi connectivity index (χ0v) is 20.3. The summed E-state index contributed by atoms with van der Waals surface area (Å²) in [6.07, 6.45) is 1.98. The van der Waals surface area contributed by atoms with Crippen molar-refractivity contribution in [2.45, 2.75) is 13.5 Å². The molecule has 0 aliphatic carbocycles. The van der Waals surface area contributed by atoms with E-state index in [2.05, 4.69) is 17.4 Å². The van der Waals surface area contributed by atoms with Gasteiger partial charge in [0, 0.05) is 28.4 Å². The fourth-order valence-electron chi connectivity index (χ4n) is 3.87. The lowest BCUT2D eigenvalue weighted by molar-refractivity contribution is 0.0735. The van der Waals surface area contributed by atoms with Gasteiger partial charge in [0.2, 0.25) is 0 Å². The van der Waals surface area contributed by atoms with Gasteiger partial charge in [-0.1, -0.05) is 65.7 Å². The maximum atomic E-state index is 12.9. The van der Waals surface area contributed by atoms with Crippen LogP contribution in [0.2, 0.25) is 10.0 Å². The van der Waals surface area contributed by atoms with Crippen molar-refractivity contribution in [2.24, 2.45) is 0 Å². The number of rotatable bonds is 6. The topological polar surface area (TPSA) is 55.6 Å². The molecule has 35 heavy (non-hydrogen) atoms. The quantitative estimate of drug-likeness (QED) is 0.194. The molecular formula is C28H21Cl2N3O2. The van der Waals surface area contributed by atoms with E-state index in [0.29, 0.717) is 33.6 Å². The highest BCUT2D eigenvalue weighted by molar-refractivity contribution is 6.35. The highest BCUT2D eigenvalue weighted by Gasteiger charge is 2.20. The molecular weight excluding hydrogens is 481 g/mol. The number of halogens is 2. The number of hydrogen-bond donors (Lipinski definition) is 1. The number of esters is 1. The number of anilines is 1. The molecule has 0 amide bonds. The van der Waals surface area contributed by atoms with Crippen molar-refractivity contribution in [2.75, 3.05) is 5.32 Å². The molecule has 0 spiro atoms. The number of aryl methyl sites for hydroxylation is 1. The van der Waals surface area contributed by atoms with Crippen LogP contribution in [-0.4, -0.2) is 15.4 Å². The van der Waals surface area contributed by atoms with Gasteiger partial charge in [0.25, 0.3) is 0 Å². The standard InChI is InChI=1S/C28H21Cl2N3O2/c1-18-11-12-33-25(13-18)32-26(27(33)31-17-19-7-3-2-4-8-19)23-9-5-6-10-24(23)35-28(34)20-14-21(29)16-22(30)15-20/h2-16,31H,17H2,1H3. The molecule has 5 rings (SSSR count). The summed E-state index contributed by atoms with van der Waals surface area (Å²) in [7, 11) is 0. The molecule has 0 unspecified atom stereocenters. The van der Waals surface area contributed by atoms with Crippen molar-refractivity contribution in [3.05, 3.63) is 118 Å². The first kappa shape index (κ1) is 23.0. The van der Waals surface area contributed by atoms with E-state index in [4.69, 9.17) is 32.9 Å². The summed E-state index contributed by atoms with van der Waals surface area (Å²) in [5.41, 5.74) is 4.66. The van der Waals surface area contributed by atoms with Crippen LogP contribution in [0.1, 0.15) is 21.5 Å². The SMILES string of the molecule is Cc1ccn2c(NCc3ccccc3)c(-c3ccccc3OC(=O)c3cc(Cl)cc(Cl)c3)nc2c1. The van der Waals surface area contributed by atoms with Gasteiger partial charge in [-0.3, -0.25) is 4.40 Å². The largest absolute Gasteiger partial charge is 0.422 e. The van der Waals surface area contributed by atoms with Crippen molar-refractivity contribution in [3.63, 3.8) is 0 Å². The second-order valence-electron chi connectivity index (χ2n) is 8.12. The fourth-order valence-corrected chi connectivity index (χ4v) is 4.39. The molecule has 1 N–H and O–H groups in total. The molecule has 0 fully saturated rings. The van der Waals surface area contributed by atoms with Crippen LogP contribution in [0.15, 0.2) is 91.1 Å². The number of nitrogens with zero attached hydrogens (tertiary/aromatic N) is 2. The number of hydrogen-bond acceptors (Lipinski definition) is 4. The van der Waals surface area contributed by atoms with Gasteiger partial charge in [-0.2, -0.15) is 0 Å². The maximum Gasteiger partial charge on any atom is 0.343 e. The molecule has 7 heteroatoms. The van der Waals surface area contributed by atoms with Crippen LogP contribution in [0, 0.1) is 6.92 Å². The molecule has 3 aromatic carbocycles. The highest BCUT2D eigenvalue weighted by Crippen LogP contribution is 2.36. The molecule has 5 aromatic rings. The first-order valence-corrected chi connectivity index (χ1v) is 11.8. The molecule has 0 bridgehead atoms. The monoisotopic (exact) mass is 501 g/mol. The highest BCUT2D eigenvalue weighted by atomic mass is 35.5. The Balaban J connectivity index is 1.55. The number of imidazole rings is 1. The third kappa shape index (κ3) is 5.02. The fraction of sp³-hybridized carbons (Fsp3) is 0.0714. The first-order valence-electron chi connectivity index (χ1n) is 11.0. The van der Waals surface area contributed by atoms with Gasteiger partial charge in [0.15, 0.2) is 0 Å². The van der Waals surface area contributed by atoms with Crippen molar-refractivity contribution < 1.29 is 9.53 Å². The summed E-state index contributed by atoms with van der Waals surface area (Å²) in [5.74, 6) is 0.634. The summed E-state index contributed by atoms with van der Waals surface area (Å²) in [6, 6.07) is 26.1. The molecule has 174 valence electrons. The minimum Gasteiger partial charge on any atom is -0.422 e. The molecule has 0 saturated carbocycles. The Hall–Kier alpha value is -3.80. The number of pyridine rings is 1. The number of ether oxygens (including phenoxy) is 1. The summed E-state index contributed by atoms with van der Waals surface area (Å²) >= 11 is 12.2. The molecule has 2 aromatic heterocycles. The Morgan fingerprint density at radius 2 is 1.66 bits per heavy atom. The third-order valence-electron chi connectivity index (χ3n) is 5.53. The van der Waals surface area contributed by atoms with E-state index in [1.807, 2.05) is 66.1 Å². The Morgan fingerprint density at radius 3 is 2.43 bits per heavy atom. The number of para-hydroxylation sites is 1. The van der Waals surface area contributed by atoms with Crippen LogP contribution in [0.4, 0.5) is 5.82 Å². The van der Waals surface area contributed by atoms with E-state index in [9.17, 15) is 4.79 Å². The van der Waals surface area contributed by atoms with Gasteiger partial charge in [0.1, 0.15) is 22.9 Å². The zero-order chi connectivity index (χ0) is 24.4. The summed E-state index contributed by atoms with van der Waals surface area (Å²) in [4.78, 5) is 17.8. The second-order valence-corrected chi connectivity index (χ2v) is 9.00. The molecule has 0 atom stereocenters. The van der Waals surface area contributed by atoms with E-state index < -0.39 is 5.97 Å². The summed E-state index contributed by atoms with van der Waals surface area (Å²) < 4.78 is 7.80. The molecule has 0 radical (unpaired) electrons. The van der Waals surface area contributed by atoms with Gasteiger partial charge >= 0.3 is 5.97 Å². The van der Waals surface area contributed by atoms with Crippen molar-refractivity contribution >= 4 is 40.6 Å². The van der Waals surface area contributed by atoms with Gasteiger partial charge in [0.05, 0.1) is 5.56 Å². The van der Waals surface area contributed by atoms with Crippen molar-refractivity contribution in [1.29, 1.82) is 0 Å². The lowest BCUT2D eigenvalue weighted by Gasteiger charge is -2.12. The van der Waals surface area contributed by atoms with Crippen molar-refractivity contribution in [1.82, 2.24) is 9.38 Å². The van der Waals surface area contributed by atoms with Crippen LogP contribution in [-0.2, 0) is 6.54 Å². The number of benzene rings is 3. The molecule has 0 aliphatic rings. The average molecular weight is 502 g/mol. The number of fused-ring (bicyclic) bond motifs is 1. The normalized spacial score (nSPS) is 10.9. The van der Waals surface area contributed by atoms with E-state index in [0.717, 1.165) is 22.6 Å². The Morgan fingerprint density at radius 1 is 0.943 bits per heavy atom. The minimum absolute atomic E-state index is 0.269. The maximum absolute atomic E-state index is 12.9. The van der Waals surface area contributed by atoms with E-state index in [1.54, 1.807) is 12.1 Å². The van der Waals surface area contributed by atoms with Crippen LogP contribution in [0.3, 0.4) is 0 Å². The second kappa shape index (κ2) is 9.82. The Bertz CT molecular complexity index is 1510. The van der Waals surface area contributed by atoms with Crippen molar-refractivity contribution in [3.8, 4) is 17.0 Å². The number of aromatic nitrogens is 2. The van der Waals surface area contributed by atoms with Gasteiger partial charge < -0.3 is 10.1 Å². The molecule has 0 saturated heterocycles. The number of carbonyl (C=O) groups excluding carboxylic acids is 1. The summed E-state index contributed by atoms with van der Waals surface area (Å²) in [6.45, 7) is 2.63. The van der Waals surface area contributed by atoms with Crippen LogP contribution in [0.5, 0.6) is 5.75 Å². The third-order valence-corrected chi connectivity index (χ3v) is 5.96. The zero-order valence-electron chi connectivity index (χ0n) is 18.8. The Labute approximate surface area is 212 Å². The van der Waals surface area contributed by atoms with E-state index in [1.165, 1.54) is 12.1 Å². The first-order chi connectivity index (χ1) is 17.0. The number of carbonyl (C=O) groups is 1. The van der Waals surface area contributed by atoms with E-state index >= 15 is 0 Å². The summed E-state index contributed by atoms with van der Waals surface area (Å²) in [5, 5.41) is 4.25. The molecule has 2 heterocycles. The Kier molecular flexibility index (Phi) is 6.45. The smallest absolute Gasteiger partial charge is 0.343 e. The lowest BCUT2D eigenvalue weighted by atomic mass is 10.1. The predicted octanol–water partition coefficient (Wildman–Crippen LogP) is 7.45. The van der Waals surface area contributed by atoms with Gasteiger partial charge in [-0.25, -0.2) is 9.78 Å². The predicted molar refractivity (Wildman–Crippen MR) is 141 cm³/mol. The van der Waals surface area contributed by atoms with Crippen LogP contribution in [0.25, 0.3) is 16.9 Å². The van der Waals surface area contributed by atoms with E-state index in [-0.39, 0.29) is 5.56 Å². The van der Waals surface area contributed by atoms with Gasteiger partial charge in [-0.15, -0.1) is 0 Å². The molecule has 0 aliphatic heterocycles.